The fraction of sp³-hybridized carbons (Fsp3) is 0.333. The number of amides is 2. The quantitative estimate of drug-likeness (QED) is 0.520. The Balaban J connectivity index is 1.48. The first kappa shape index (κ1) is 23.5. The van der Waals surface area contributed by atoms with Gasteiger partial charge in [0.1, 0.15) is 5.82 Å². The van der Waals surface area contributed by atoms with Crippen LogP contribution in [0.3, 0.4) is 0 Å². The third-order valence-electron chi connectivity index (χ3n) is 6.49. The monoisotopic (exact) mass is 487 g/mol. The van der Waals surface area contributed by atoms with Crippen LogP contribution in [0.2, 0.25) is 0 Å². The average molecular weight is 488 g/mol. The minimum absolute atomic E-state index is 0.343. The van der Waals surface area contributed by atoms with Gasteiger partial charge in [0.2, 0.25) is 0 Å². The molecule has 3 heterocycles. The highest BCUT2D eigenvalue weighted by Crippen LogP contribution is 2.32. The van der Waals surface area contributed by atoms with Crippen LogP contribution >= 0.6 is 11.8 Å². The summed E-state index contributed by atoms with van der Waals surface area (Å²) >= 11 is 0.919. The van der Waals surface area contributed by atoms with Crippen LogP contribution in [0.5, 0.6) is 0 Å². The second-order valence-electron chi connectivity index (χ2n) is 9.08. The number of imide groups is 1. The first-order chi connectivity index (χ1) is 16.9. The molecular weight excluding hydrogens is 458 g/mol. The van der Waals surface area contributed by atoms with E-state index in [4.69, 9.17) is 4.98 Å². The van der Waals surface area contributed by atoms with Gasteiger partial charge in [0.25, 0.3) is 11.1 Å². The van der Waals surface area contributed by atoms with Crippen molar-refractivity contribution in [3.8, 4) is 11.3 Å². The number of anilines is 1. The number of rotatable bonds is 5. The summed E-state index contributed by atoms with van der Waals surface area (Å²) in [5.41, 5.74) is 6.10. The molecule has 3 aromatic rings. The predicted octanol–water partition coefficient (Wildman–Crippen LogP) is 4.77. The average Bonchev–Trinajstić information content (AvgIpc) is 3.15. The van der Waals surface area contributed by atoms with E-state index in [1.807, 2.05) is 25.1 Å². The van der Waals surface area contributed by atoms with E-state index in [9.17, 15) is 9.59 Å². The van der Waals surface area contributed by atoms with Crippen LogP contribution in [-0.4, -0.2) is 58.7 Å². The van der Waals surface area contributed by atoms with Crippen LogP contribution in [0.25, 0.3) is 28.2 Å². The van der Waals surface area contributed by atoms with Gasteiger partial charge in [-0.2, -0.15) is 0 Å². The van der Waals surface area contributed by atoms with E-state index < -0.39 is 0 Å². The Bertz CT molecular complexity index is 1340. The van der Waals surface area contributed by atoms with Gasteiger partial charge < -0.3 is 4.90 Å². The number of aryl methyl sites for hydroxylation is 2. The fourth-order valence-corrected chi connectivity index (χ4v) is 5.51. The Labute approximate surface area is 209 Å². The molecule has 1 N–H and O–H groups in total. The maximum Gasteiger partial charge on any atom is 0.290 e. The molecule has 2 amide bonds. The molecule has 0 atom stereocenters. The minimum atomic E-state index is -0.359. The summed E-state index contributed by atoms with van der Waals surface area (Å²) in [6, 6.07) is 12.4. The molecule has 0 spiro atoms. The number of fused-ring (bicyclic) bond motifs is 1. The first-order valence-electron chi connectivity index (χ1n) is 12.0. The number of aromatic nitrogens is 2. The maximum atomic E-state index is 12.0. The number of carbonyl (C=O) groups excluding carboxylic acids is 2. The number of thioether (sulfide) groups is 1. The highest BCUT2D eigenvalue weighted by atomic mass is 32.2. The SMILES string of the molecule is CCCN1CCN(c2ccc(-c3nc(C)nc4ccc(C=C5SC(=O)NC5=O)cc34)cc2C)CC1. The molecule has 2 aliphatic rings. The zero-order valence-electron chi connectivity index (χ0n) is 20.3. The predicted molar refractivity (Wildman–Crippen MR) is 142 cm³/mol. The van der Waals surface area contributed by atoms with Crippen LogP contribution in [0.1, 0.15) is 30.3 Å². The van der Waals surface area contributed by atoms with Crippen molar-refractivity contribution in [2.75, 3.05) is 37.6 Å². The lowest BCUT2D eigenvalue weighted by Gasteiger charge is -2.36. The van der Waals surface area contributed by atoms with Crippen molar-refractivity contribution in [1.82, 2.24) is 20.2 Å². The molecule has 2 aromatic carbocycles. The molecule has 0 radical (unpaired) electrons. The smallest absolute Gasteiger partial charge is 0.290 e. The Hall–Kier alpha value is -3.23. The van der Waals surface area contributed by atoms with Crippen molar-refractivity contribution in [2.45, 2.75) is 27.2 Å². The van der Waals surface area contributed by atoms with E-state index in [0.717, 1.165) is 65.7 Å². The summed E-state index contributed by atoms with van der Waals surface area (Å²) in [6.07, 6.45) is 2.93. The molecule has 35 heavy (non-hydrogen) atoms. The third kappa shape index (κ3) is 4.94. The van der Waals surface area contributed by atoms with Crippen molar-refractivity contribution in [2.24, 2.45) is 0 Å². The summed E-state index contributed by atoms with van der Waals surface area (Å²) in [6.45, 7) is 11.8. The van der Waals surface area contributed by atoms with Gasteiger partial charge in [-0.15, -0.1) is 0 Å². The van der Waals surface area contributed by atoms with E-state index in [0.29, 0.717) is 10.7 Å². The van der Waals surface area contributed by atoms with Crippen LogP contribution in [-0.2, 0) is 4.79 Å². The number of piperazine rings is 1. The largest absolute Gasteiger partial charge is 0.369 e. The molecule has 7 nitrogen and oxygen atoms in total. The van der Waals surface area contributed by atoms with Crippen molar-refractivity contribution >= 4 is 45.6 Å². The number of hydrogen-bond acceptors (Lipinski definition) is 7. The van der Waals surface area contributed by atoms with Crippen molar-refractivity contribution < 1.29 is 9.59 Å². The molecule has 1 aromatic heterocycles. The fourth-order valence-electron chi connectivity index (χ4n) is 4.83. The lowest BCUT2D eigenvalue weighted by Crippen LogP contribution is -2.46. The van der Waals surface area contributed by atoms with E-state index in [-0.39, 0.29) is 11.1 Å². The molecule has 2 aliphatic heterocycles. The van der Waals surface area contributed by atoms with Crippen molar-refractivity contribution in [3.63, 3.8) is 0 Å². The minimum Gasteiger partial charge on any atom is -0.369 e. The summed E-state index contributed by atoms with van der Waals surface area (Å²) in [7, 11) is 0. The van der Waals surface area contributed by atoms with Gasteiger partial charge in [-0.25, -0.2) is 9.97 Å². The van der Waals surface area contributed by atoms with Crippen LogP contribution in [0, 0.1) is 13.8 Å². The molecule has 0 aliphatic carbocycles. The Morgan fingerprint density at radius 2 is 1.83 bits per heavy atom. The number of nitrogens with one attached hydrogen (secondary N) is 1. The van der Waals surface area contributed by atoms with Crippen LogP contribution < -0.4 is 10.2 Å². The molecular formula is C27H29N5O2S. The van der Waals surface area contributed by atoms with Gasteiger partial charge in [-0.1, -0.05) is 19.1 Å². The van der Waals surface area contributed by atoms with Crippen LogP contribution in [0.4, 0.5) is 10.5 Å². The van der Waals surface area contributed by atoms with Gasteiger partial charge in [0.05, 0.1) is 16.1 Å². The highest BCUT2D eigenvalue weighted by molar-refractivity contribution is 8.18. The standard InChI is InChI=1S/C27H29N5O2S/c1-4-9-31-10-12-32(13-11-31)23-8-6-20(14-17(23)2)25-21-15-19(5-7-22(21)28-18(3)29-25)16-24-26(33)30-27(34)35-24/h5-8,14-16H,4,9-13H2,1-3H3,(H,30,33,34). The second kappa shape index (κ2) is 9.79. The maximum absolute atomic E-state index is 12.0. The molecule has 0 saturated carbocycles. The third-order valence-corrected chi connectivity index (χ3v) is 7.31. The zero-order chi connectivity index (χ0) is 24.5. The van der Waals surface area contributed by atoms with Crippen LogP contribution in [0.15, 0.2) is 41.3 Å². The Morgan fingerprint density at radius 1 is 1.03 bits per heavy atom. The second-order valence-corrected chi connectivity index (χ2v) is 10.1. The normalized spacial score (nSPS) is 18.0. The van der Waals surface area contributed by atoms with Crippen molar-refractivity contribution in [1.29, 1.82) is 0 Å². The molecule has 5 rings (SSSR count). The summed E-state index contributed by atoms with van der Waals surface area (Å²) in [5.74, 6) is 0.353. The number of benzene rings is 2. The molecule has 0 bridgehead atoms. The number of nitrogens with zero attached hydrogens (tertiary/aromatic N) is 4. The van der Waals surface area contributed by atoms with E-state index in [1.165, 1.54) is 24.2 Å². The lowest BCUT2D eigenvalue weighted by atomic mass is 10.0. The first-order valence-corrected chi connectivity index (χ1v) is 12.8. The Kier molecular flexibility index (Phi) is 6.58. The van der Waals surface area contributed by atoms with E-state index in [1.54, 1.807) is 6.08 Å². The zero-order valence-corrected chi connectivity index (χ0v) is 21.1. The molecule has 2 fully saturated rings. The topological polar surface area (TPSA) is 78.4 Å². The van der Waals surface area contributed by atoms with Gasteiger partial charge in [-0.3, -0.25) is 19.8 Å². The van der Waals surface area contributed by atoms with E-state index >= 15 is 0 Å². The highest BCUT2D eigenvalue weighted by Gasteiger charge is 2.25. The van der Waals surface area contributed by atoms with Gasteiger partial charge in [0, 0.05) is 42.8 Å². The number of carbonyl (C=O) groups is 2. The van der Waals surface area contributed by atoms with Gasteiger partial charge in [0.15, 0.2) is 0 Å². The molecule has 0 unspecified atom stereocenters. The summed E-state index contributed by atoms with van der Waals surface area (Å²) in [4.78, 5) is 38.3. The Morgan fingerprint density at radius 3 is 2.51 bits per heavy atom. The summed E-state index contributed by atoms with van der Waals surface area (Å²) < 4.78 is 0. The molecule has 8 heteroatoms. The van der Waals surface area contributed by atoms with Gasteiger partial charge in [-0.05, 0) is 80.0 Å². The van der Waals surface area contributed by atoms with Gasteiger partial charge >= 0.3 is 0 Å². The summed E-state index contributed by atoms with van der Waals surface area (Å²) in [5, 5.41) is 2.87. The molecule has 2 saturated heterocycles. The molecule has 180 valence electrons. The lowest BCUT2D eigenvalue weighted by molar-refractivity contribution is -0.115. The number of hydrogen-bond donors (Lipinski definition) is 1. The van der Waals surface area contributed by atoms with Crippen molar-refractivity contribution in [3.05, 3.63) is 58.3 Å². The van der Waals surface area contributed by atoms with E-state index in [2.05, 4.69) is 52.1 Å².